The van der Waals surface area contributed by atoms with Gasteiger partial charge in [-0.3, -0.25) is 0 Å². The van der Waals surface area contributed by atoms with Crippen molar-refractivity contribution >= 4 is 22.8 Å². The summed E-state index contributed by atoms with van der Waals surface area (Å²) in [5.74, 6) is 0.869. The Labute approximate surface area is 105 Å². The molecule has 0 saturated carbocycles. The molecule has 0 spiro atoms. The molecule has 0 fully saturated rings. The monoisotopic (exact) mass is 245 g/mol. The lowest BCUT2D eigenvalue weighted by Crippen LogP contribution is -2.16. The van der Waals surface area contributed by atoms with Crippen LogP contribution < -0.4 is 11.1 Å². The van der Waals surface area contributed by atoms with Crippen molar-refractivity contribution in [2.45, 2.75) is 25.3 Å². The van der Waals surface area contributed by atoms with Crippen molar-refractivity contribution in [3.63, 3.8) is 0 Å². The van der Waals surface area contributed by atoms with E-state index in [2.05, 4.69) is 21.7 Å². The number of rotatable bonds is 2. The maximum Gasteiger partial charge on any atom is 0.128 e. The lowest BCUT2D eigenvalue weighted by Gasteiger charge is -2.24. The second-order valence-electron chi connectivity index (χ2n) is 4.36. The van der Waals surface area contributed by atoms with Crippen molar-refractivity contribution in [3.8, 4) is 0 Å². The fourth-order valence-electron chi connectivity index (χ4n) is 2.34. The summed E-state index contributed by atoms with van der Waals surface area (Å²) in [6.45, 7) is 0. The van der Waals surface area contributed by atoms with Gasteiger partial charge in [0.2, 0.25) is 0 Å². The van der Waals surface area contributed by atoms with Gasteiger partial charge >= 0.3 is 0 Å². The number of nitrogens with one attached hydrogen (secondary N) is 1. The molecule has 1 atom stereocenters. The van der Waals surface area contributed by atoms with Crippen LogP contribution in [0.5, 0.6) is 0 Å². The molecule has 1 aliphatic rings. The van der Waals surface area contributed by atoms with Gasteiger partial charge in [0, 0.05) is 22.8 Å². The van der Waals surface area contributed by atoms with Crippen LogP contribution in [0.25, 0.3) is 0 Å². The van der Waals surface area contributed by atoms with E-state index in [9.17, 15) is 0 Å². The van der Waals surface area contributed by atoms with Gasteiger partial charge in [-0.2, -0.15) is 0 Å². The summed E-state index contributed by atoms with van der Waals surface area (Å²) < 4.78 is 0. The van der Waals surface area contributed by atoms with Crippen molar-refractivity contribution in [1.82, 2.24) is 4.98 Å². The van der Waals surface area contributed by atoms with E-state index in [1.54, 1.807) is 6.20 Å². The number of nitrogen functional groups attached to an aromatic ring is 1. The first kappa shape index (κ1) is 10.6. The number of fused-ring (bicyclic) bond motifs is 1. The van der Waals surface area contributed by atoms with Crippen LogP contribution in [-0.4, -0.2) is 4.98 Å². The van der Waals surface area contributed by atoms with Crippen molar-refractivity contribution in [2.75, 3.05) is 11.1 Å². The topological polar surface area (TPSA) is 50.9 Å². The first-order chi connectivity index (χ1) is 8.33. The van der Waals surface area contributed by atoms with E-state index >= 15 is 0 Å². The zero-order valence-corrected chi connectivity index (χ0v) is 10.3. The van der Waals surface area contributed by atoms with E-state index in [0.717, 1.165) is 11.5 Å². The van der Waals surface area contributed by atoms with Gasteiger partial charge in [-0.05, 0) is 42.3 Å². The average Bonchev–Trinajstić information content (AvgIpc) is 2.78. The van der Waals surface area contributed by atoms with Gasteiger partial charge in [0.25, 0.3) is 0 Å². The molecule has 3 nitrogen and oxygen atoms in total. The molecule has 17 heavy (non-hydrogen) atoms. The minimum atomic E-state index is 0.388. The van der Waals surface area contributed by atoms with Gasteiger partial charge in [-0.1, -0.05) is 0 Å². The van der Waals surface area contributed by atoms with Crippen LogP contribution in [-0.2, 0) is 6.42 Å². The summed E-state index contributed by atoms with van der Waals surface area (Å²) in [4.78, 5) is 5.81. The highest BCUT2D eigenvalue weighted by Crippen LogP contribution is 2.35. The first-order valence-corrected chi connectivity index (χ1v) is 6.75. The average molecular weight is 245 g/mol. The number of aryl methyl sites for hydroxylation is 1. The molecule has 0 aliphatic heterocycles. The van der Waals surface area contributed by atoms with Crippen LogP contribution in [0, 0.1) is 0 Å². The Morgan fingerprint density at radius 3 is 3.24 bits per heavy atom. The SMILES string of the molecule is Nc1ccnc(NC2CCCc3sccc32)c1. The van der Waals surface area contributed by atoms with Gasteiger partial charge < -0.3 is 11.1 Å². The maximum absolute atomic E-state index is 5.76. The molecule has 1 aliphatic carbocycles. The molecule has 4 heteroatoms. The number of hydrogen-bond donors (Lipinski definition) is 2. The third-order valence-electron chi connectivity index (χ3n) is 3.16. The van der Waals surface area contributed by atoms with Gasteiger partial charge in [0.15, 0.2) is 0 Å². The van der Waals surface area contributed by atoms with E-state index < -0.39 is 0 Å². The van der Waals surface area contributed by atoms with Crippen LogP contribution in [0.15, 0.2) is 29.8 Å². The Kier molecular flexibility index (Phi) is 2.73. The lowest BCUT2D eigenvalue weighted by atomic mass is 9.94. The molecule has 0 amide bonds. The van der Waals surface area contributed by atoms with Gasteiger partial charge in [-0.15, -0.1) is 11.3 Å². The van der Waals surface area contributed by atoms with E-state index in [1.165, 1.54) is 29.7 Å². The summed E-state index contributed by atoms with van der Waals surface area (Å²) in [7, 11) is 0. The lowest BCUT2D eigenvalue weighted by molar-refractivity contribution is 0.607. The smallest absolute Gasteiger partial charge is 0.128 e. The van der Waals surface area contributed by atoms with E-state index in [1.807, 2.05) is 23.5 Å². The maximum atomic E-state index is 5.76. The quantitative estimate of drug-likeness (QED) is 0.854. The molecular formula is C13H15N3S. The Balaban J connectivity index is 1.84. The zero-order chi connectivity index (χ0) is 11.7. The molecule has 0 saturated heterocycles. The Bertz CT molecular complexity index is 521. The fraction of sp³-hybridized carbons (Fsp3) is 0.308. The second-order valence-corrected chi connectivity index (χ2v) is 5.36. The standard InChI is InChI=1S/C13H15N3S/c14-9-4-6-15-13(8-9)16-11-2-1-3-12-10(11)5-7-17-12/h4-8,11H,1-3H2,(H3,14,15,16). The third-order valence-corrected chi connectivity index (χ3v) is 4.15. The Morgan fingerprint density at radius 1 is 1.41 bits per heavy atom. The summed E-state index contributed by atoms with van der Waals surface area (Å²) in [5, 5.41) is 5.66. The van der Waals surface area contributed by atoms with Crippen molar-refractivity contribution < 1.29 is 0 Å². The minimum Gasteiger partial charge on any atom is -0.399 e. The largest absolute Gasteiger partial charge is 0.399 e. The van der Waals surface area contributed by atoms with Gasteiger partial charge in [0.1, 0.15) is 5.82 Å². The van der Waals surface area contributed by atoms with Crippen molar-refractivity contribution in [3.05, 3.63) is 40.2 Å². The molecule has 3 N–H and O–H groups in total. The van der Waals surface area contributed by atoms with Crippen molar-refractivity contribution in [2.24, 2.45) is 0 Å². The second kappa shape index (κ2) is 4.37. The molecule has 0 aromatic carbocycles. The fourth-order valence-corrected chi connectivity index (χ4v) is 3.33. The molecule has 2 aromatic rings. The highest BCUT2D eigenvalue weighted by atomic mass is 32.1. The van der Waals surface area contributed by atoms with Crippen LogP contribution in [0.3, 0.4) is 0 Å². The number of aromatic nitrogens is 1. The van der Waals surface area contributed by atoms with Crippen LogP contribution >= 0.6 is 11.3 Å². The Morgan fingerprint density at radius 2 is 2.35 bits per heavy atom. The molecule has 88 valence electrons. The summed E-state index contributed by atoms with van der Waals surface area (Å²) >= 11 is 1.86. The predicted molar refractivity (Wildman–Crippen MR) is 72.3 cm³/mol. The molecule has 2 heterocycles. The normalized spacial score (nSPS) is 18.7. The summed E-state index contributed by atoms with van der Waals surface area (Å²) in [6.07, 6.45) is 5.37. The van der Waals surface area contributed by atoms with E-state index in [-0.39, 0.29) is 0 Å². The molecule has 3 rings (SSSR count). The number of pyridine rings is 1. The number of nitrogens with zero attached hydrogens (tertiary/aromatic N) is 1. The summed E-state index contributed by atoms with van der Waals surface area (Å²) in [6, 6.07) is 6.31. The molecule has 1 unspecified atom stereocenters. The van der Waals surface area contributed by atoms with Crippen LogP contribution in [0.4, 0.5) is 11.5 Å². The van der Waals surface area contributed by atoms with Crippen LogP contribution in [0.1, 0.15) is 29.3 Å². The zero-order valence-electron chi connectivity index (χ0n) is 9.52. The number of thiophene rings is 1. The highest BCUT2D eigenvalue weighted by Gasteiger charge is 2.21. The number of hydrogen-bond acceptors (Lipinski definition) is 4. The molecule has 0 bridgehead atoms. The predicted octanol–water partition coefficient (Wildman–Crippen LogP) is 3.21. The molecular weight excluding hydrogens is 230 g/mol. The van der Waals surface area contributed by atoms with Gasteiger partial charge in [0.05, 0.1) is 6.04 Å². The minimum absolute atomic E-state index is 0.388. The van der Waals surface area contributed by atoms with E-state index in [0.29, 0.717) is 6.04 Å². The highest BCUT2D eigenvalue weighted by molar-refractivity contribution is 7.10. The first-order valence-electron chi connectivity index (χ1n) is 5.87. The number of anilines is 2. The van der Waals surface area contributed by atoms with Crippen molar-refractivity contribution in [1.29, 1.82) is 0 Å². The van der Waals surface area contributed by atoms with E-state index in [4.69, 9.17) is 5.73 Å². The molecule has 2 aromatic heterocycles. The third kappa shape index (κ3) is 2.13. The molecule has 0 radical (unpaired) electrons. The van der Waals surface area contributed by atoms with Crippen LogP contribution in [0.2, 0.25) is 0 Å². The number of nitrogens with two attached hydrogens (primary N) is 1. The van der Waals surface area contributed by atoms with Gasteiger partial charge in [-0.25, -0.2) is 4.98 Å². The summed E-state index contributed by atoms with van der Waals surface area (Å²) in [5.41, 5.74) is 7.95. The Hall–Kier alpha value is -1.55.